The van der Waals surface area contributed by atoms with E-state index < -0.39 is 0 Å². The Kier molecular flexibility index (Phi) is 3.76. The molecule has 0 saturated heterocycles. The normalized spacial score (nSPS) is 12.2. The zero-order chi connectivity index (χ0) is 13.1. The van der Waals surface area contributed by atoms with Gasteiger partial charge in [-0.05, 0) is 28.9 Å². The molecule has 0 amide bonds. The molecule has 0 aliphatic rings. The number of nitrogens with zero attached hydrogens (tertiary/aromatic N) is 2. The fourth-order valence-electron chi connectivity index (χ4n) is 1.59. The maximum Gasteiger partial charge on any atom is 0.221 e. The van der Waals surface area contributed by atoms with Gasteiger partial charge in [-0.15, -0.1) is 0 Å². The van der Waals surface area contributed by atoms with Crippen molar-refractivity contribution in [3.63, 3.8) is 0 Å². The quantitative estimate of drug-likeness (QED) is 0.914. The lowest BCUT2D eigenvalue weighted by Gasteiger charge is -2.16. The minimum Gasteiger partial charge on any atom is -0.368 e. The first kappa shape index (κ1) is 12.8. The second-order valence-corrected chi connectivity index (χ2v) is 4.67. The molecule has 4 nitrogen and oxygen atoms in total. The van der Waals surface area contributed by atoms with Gasteiger partial charge in [0.1, 0.15) is 11.6 Å². The van der Waals surface area contributed by atoms with Crippen molar-refractivity contribution in [3.05, 3.63) is 46.3 Å². The fourth-order valence-corrected chi connectivity index (χ4v) is 1.90. The average Bonchev–Trinajstić information content (AvgIpc) is 2.34. The number of nitrogens with two attached hydrogens (primary N) is 1. The van der Waals surface area contributed by atoms with Crippen LogP contribution in [0.3, 0.4) is 0 Å². The van der Waals surface area contributed by atoms with E-state index in [-0.39, 0.29) is 17.8 Å². The second-order valence-electron chi connectivity index (χ2n) is 3.81. The van der Waals surface area contributed by atoms with E-state index in [1.54, 1.807) is 24.4 Å². The van der Waals surface area contributed by atoms with Crippen LogP contribution < -0.4 is 11.1 Å². The van der Waals surface area contributed by atoms with Crippen LogP contribution in [0.2, 0.25) is 0 Å². The predicted octanol–water partition coefficient (Wildman–Crippen LogP) is 3.13. The van der Waals surface area contributed by atoms with Gasteiger partial charge in [0.05, 0.1) is 10.5 Å². The van der Waals surface area contributed by atoms with Gasteiger partial charge in [0.25, 0.3) is 0 Å². The first-order valence-corrected chi connectivity index (χ1v) is 6.16. The molecule has 1 aromatic carbocycles. The van der Waals surface area contributed by atoms with Crippen molar-refractivity contribution in [2.45, 2.75) is 13.0 Å². The highest BCUT2D eigenvalue weighted by Gasteiger charge is 2.12. The standard InChI is InChI=1S/C12H12BrFN4/c1-7(8-4-2-3-5-10(8)14)17-11-9(13)6-16-12(15)18-11/h2-7H,1H3,(H3,15,16,17,18). The third-order valence-corrected chi connectivity index (χ3v) is 3.07. The van der Waals surface area contributed by atoms with E-state index in [0.717, 1.165) is 0 Å². The van der Waals surface area contributed by atoms with Crippen LogP contribution in [-0.2, 0) is 0 Å². The van der Waals surface area contributed by atoms with E-state index in [0.29, 0.717) is 15.9 Å². The Hall–Kier alpha value is -1.69. The number of benzene rings is 1. The van der Waals surface area contributed by atoms with Gasteiger partial charge < -0.3 is 11.1 Å². The van der Waals surface area contributed by atoms with Gasteiger partial charge >= 0.3 is 0 Å². The van der Waals surface area contributed by atoms with Crippen LogP contribution in [0.5, 0.6) is 0 Å². The third kappa shape index (κ3) is 2.76. The topological polar surface area (TPSA) is 63.8 Å². The van der Waals surface area contributed by atoms with Crippen LogP contribution >= 0.6 is 15.9 Å². The molecule has 1 unspecified atom stereocenters. The molecular weight excluding hydrogens is 299 g/mol. The van der Waals surface area contributed by atoms with Crippen LogP contribution in [0.1, 0.15) is 18.5 Å². The number of nitrogen functional groups attached to an aromatic ring is 1. The van der Waals surface area contributed by atoms with Crippen LogP contribution in [0.25, 0.3) is 0 Å². The van der Waals surface area contributed by atoms with E-state index in [2.05, 4.69) is 31.2 Å². The van der Waals surface area contributed by atoms with Crippen molar-refractivity contribution in [1.82, 2.24) is 9.97 Å². The molecule has 2 rings (SSSR count). The summed E-state index contributed by atoms with van der Waals surface area (Å²) >= 11 is 3.31. The molecule has 1 heterocycles. The van der Waals surface area contributed by atoms with Gasteiger partial charge in [-0.2, -0.15) is 4.98 Å². The molecule has 1 atom stereocenters. The summed E-state index contributed by atoms with van der Waals surface area (Å²) in [7, 11) is 0. The van der Waals surface area contributed by atoms with Gasteiger partial charge in [-0.3, -0.25) is 0 Å². The Bertz CT molecular complexity index is 562. The Morgan fingerprint density at radius 2 is 2.11 bits per heavy atom. The highest BCUT2D eigenvalue weighted by atomic mass is 79.9. The molecule has 0 fully saturated rings. The van der Waals surface area contributed by atoms with Crippen molar-refractivity contribution in [2.24, 2.45) is 0 Å². The summed E-state index contributed by atoms with van der Waals surface area (Å²) in [6, 6.07) is 6.38. The predicted molar refractivity (Wildman–Crippen MR) is 72.6 cm³/mol. The fraction of sp³-hybridized carbons (Fsp3) is 0.167. The molecule has 2 aromatic rings. The third-order valence-electron chi connectivity index (χ3n) is 2.49. The maximum atomic E-state index is 13.6. The molecule has 18 heavy (non-hydrogen) atoms. The molecule has 0 radical (unpaired) electrons. The monoisotopic (exact) mass is 310 g/mol. The zero-order valence-corrected chi connectivity index (χ0v) is 11.3. The number of rotatable bonds is 3. The molecular formula is C12H12BrFN4. The summed E-state index contributed by atoms with van der Waals surface area (Å²) in [5.74, 6) is 0.454. The number of hydrogen-bond donors (Lipinski definition) is 2. The summed E-state index contributed by atoms with van der Waals surface area (Å²) in [6.45, 7) is 1.85. The minimum absolute atomic E-state index is 0.168. The van der Waals surface area contributed by atoms with Crippen molar-refractivity contribution >= 4 is 27.7 Å². The van der Waals surface area contributed by atoms with E-state index in [9.17, 15) is 4.39 Å². The van der Waals surface area contributed by atoms with Crippen molar-refractivity contribution in [2.75, 3.05) is 11.1 Å². The van der Waals surface area contributed by atoms with Gasteiger partial charge in [-0.25, -0.2) is 9.37 Å². The molecule has 0 aliphatic carbocycles. The van der Waals surface area contributed by atoms with E-state index in [1.807, 2.05) is 6.92 Å². The van der Waals surface area contributed by atoms with Crippen LogP contribution in [-0.4, -0.2) is 9.97 Å². The lowest BCUT2D eigenvalue weighted by atomic mass is 10.1. The van der Waals surface area contributed by atoms with Gasteiger partial charge in [0.2, 0.25) is 5.95 Å². The van der Waals surface area contributed by atoms with Gasteiger partial charge in [0.15, 0.2) is 0 Å². The lowest BCUT2D eigenvalue weighted by molar-refractivity contribution is 0.600. The highest BCUT2D eigenvalue weighted by Crippen LogP contribution is 2.25. The van der Waals surface area contributed by atoms with E-state index in [4.69, 9.17) is 5.73 Å². The summed E-state index contributed by atoms with van der Waals surface area (Å²) in [5, 5.41) is 3.09. The number of anilines is 2. The zero-order valence-electron chi connectivity index (χ0n) is 9.69. The average molecular weight is 311 g/mol. The van der Waals surface area contributed by atoms with Crippen molar-refractivity contribution in [1.29, 1.82) is 0 Å². The number of aromatic nitrogens is 2. The molecule has 0 spiro atoms. The first-order chi connectivity index (χ1) is 8.58. The first-order valence-electron chi connectivity index (χ1n) is 5.37. The summed E-state index contributed by atoms with van der Waals surface area (Å²) in [6.07, 6.45) is 1.55. The van der Waals surface area contributed by atoms with Gasteiger partial charge in [-0.1, -0.05) is 18.2 Å². The molecule has 94 valence electrons. The number of hydrogen-bond acceptors (Lipinski definition) is 4. The molecule has 0 bridgehead atoms. The smallest absolute Gasteiger partial charge is 0.221 e. The molecule has 1 aromatic heterocycles. The molecule has 6 heteroatoms. The Balaban J connectivity index is 2.24. The SMILES string of the molecule is CC(Nc1nc(N)ncc1Br)c1ccccc1F. The summed E-state index contributed by atoms with van der Waals surface area (Å²) < 4.78 is 14.3. The summed E-state index contributed by atoms with van der Waals surface area (Å²) in [5.41, 5.74) is 6.09. The number of halogens is 2. The number of nitrogens with one attached hydrogen (secondary N) is 1. The summed E-state index contributed by atoms with van der Waals surface area (Å²) in [4.78, 5) is 7.90. The second kappa shape index (κ2) is 5.30. The molecule has 0 aliphatic heterocycles. The lowest BCUT2D eigenvalue weighted by Crippen LogP contribution is -2.11. The van der Waals surface area contributed by atoms with Crippen LogP contribution in [0.15, 0.2) is 34.9 Å². The van der Waals surface area contributed by atoms with Crippen LogP contribution in [0, 0.1) is 5.82 Å². The minimum atomic E-state index is -0.254. The largest absolute Gasteiger partial charge is 0.368 e. The Morgan fingerprint density at radius 3 is 2.83 bits per heavy atom. The molecule has 0 saturated carbocycles. The van der Waals surface area contributed by atoms with E-state index in [1.165, 1.54) is 6.07 Å². The highest BCUT2D eigenvalue weighted by molar-refractivity contribution is 9.10. The Morgan fingerprint density at radius 1 is 1.39 bits per heavy atom. The van der Waals surface area contributed by atoms with Crippen LogP contribution in [0.4, 0.5) is 16.2 Å². The van der Waals surface area contributed by atoms with Crippen molar-refractivity contribution in [3.8, 4) is 0 Å². The van der Waals surface area contributed by atoms with E-state index >= 15 is 0 Å². The Labute approximate surface area is 113 Å². The molecule has 3 N–H and O–H groups in total. The van der Waals surface area contributed by atoms with Gasteiger partial charge in [0, 0.05) is 11.8 Å². The van der Waals surface area contributed by atoms with Crippen molar-refractivity contribution < 1.29 is 4.39 Å². The maximum absolute atomic E-state index is 13.6.